The van der Waals surface area contributed by atoms with Gasteiger partial charge >= 0.3 is 0 Å². The molecule has 2 rings (SSSR count). The van der Waals surface area contributed by atoms with E-state index in [0.717, 1.165) is 17.9 Å². The Bertz CT molecular complexity index is 584. The number of H-pyrrole nitrogens is 1. The first kappa shape index (κ1) is 14.9. The lowest BCUT2D eigenvalue weighted by Crippen LogP contribution is -2.22. The van der Waals surface area contributed by atoms with Gasteiger partial charge in [-0.15, -0.1) is 5.10 Å². The Kier molecular flexibility index (Phi) is 5.03. The number of nitrogens with zero attached hydrogens (tertiary/aromatic N) is 2. The largest absolute Gasteiger partial charge is 0.325 e. The van der Waals surface area contributed by atoms with E-state index in [1.54, 1.807) is 24.3 Å². The topological polar surface area (TPSA) is 70.7 Å². The summed E-state index contributed by atoms with van der Waals surface area (Å²) in [7, 11) is 0. The van der Waals surface area contributed by atoms with Crippen LogP contribution in [0.2, 0.25) is 5.02 Å². The number of benzene rings is 1. The van der Waals surface area contributed by atoms with E-state index in [-0.39, 0.29) is 11.2 Å². The van der Waals surface area contributed by atoms with Gasteiger partial charge in [-0.05, 0) is 31.2 Å². The first-order valence-electron chi connectivity index (χ1n) is 6.23. The van der Waals surface area contributed by atoms with Gasteiger partial charge < -0.3 is 5.32 Å². The number of halogens is 1. The Morgan fingerprint density at radius 2 is 2.15 bits per heavy atom. The molecule has 1 atom stereocenters. The van der Waals surface area contributed by atoms with Gasteiger partial charge in [0.15, 0.2) is 0 Å². The van der Waals surface area contributed by atoms with Crippen molar-refractivity contribution in [3.05, 3.63) is 35.1 Å². The van der Waals surface area contributed by atoms with Gasteiger partial charge in [-0.3, -0.25) is 9.89 Å². The summed E-state index contributed by atoms with van der Waals surface area (Å²) >= 11 is 7.12. The Hall–Kier alpha value is -1.53. The fourth-order valence-electron chi connectivity index (χ4n) is 1.48. The van der Waals surface area contributed by atoms with Crippen LogP contribution in [0.5, 0.6) is 0 Å². The minimum atomic E-state index is -0.286. The third kappa shape index (κ3) is 3.98. The smallest absolute Gasteiger partial charge is 0.237 e. The second-order valence-corrected chi connectivity index (χ2v) is 5.92. The van der Waals surface area contributed by atoms with Crippen molar-refractivity contribution in [2.24, 2.45) is 0 Å². The zero-order valence-electron chi connectivity index (χ0n) is 11.2. The molecule has 106 valence electrons. The average Bonchev–Trinajstić information content (AvgIpc) is 2.89. The van der Waals surface area contributed by atoms with Gasteiger partial charge in [0.25, 0.3) is 0 Å². The summed E-state index contributed by atoms with van der Waals surface area (Å²) in [6.07, 6.45) is 0.791. The second kappa shape index (κ2) is 6.76. The van der Waals surface area contributed by atoms with Crippen molar-refractivity contribution in [1.29, 1.82) is 0 Å². The minimum Gasteiger partial charge on any atom is -0.325 e. The molecule has 1 amide bonds. The molecule has 2 aromatic rings. The van der Waals surface area contributed by atoms with Gasteiger partial charge in [0.05, 0.1) is 5.25 Å². The minimum absolute atomic E-state index is 0.0971. The molecule has 2 N–H and O–H groups in total. The maximum absolute atomic E-state index is 12.0. The molecule has 0 spiro atoms. The van der Waals surface area contributed by atoms with Crippen LogP contribution in [0.3, 0.4) is 0 Å². The van der Waals surface area contributed by atoms with Crippen LogP contribution in [0.25, 0.3) is 0 Å². The Morgan fingerprint density at radius 3 is 2.75 bits per heavy atom. The van der Waals surface area contributed by atoms with Crippen molar-refractivity contribution in [3.8, 4) is 0 Å². The highest BCUT2D eigenvalue weighted by Gasteiger charge is 2.17. The maximum Gasteiger partial charge on any atom is 0.237 e. The maximum atomic E-state index is 12.0. The van der Waals surface area contributed by atoms with Gasteiger partial charge in [0.2, 0.25) is 11.1 Å². The van der Waals surface area contributed by atoms with E-state index in [1.807, 2.05) is 13.8 Å². The van der Waals surface area contributed by atoms with Crippen LogP contribution in [-0.2, 0) is 11.2 Å². The number of aromatic nitrogens is 3. The molecule has 0 unspecified atom stereocenters. The molecular weight excluding hydrogens is 296 g/mol. The highest BCUT2D eigenvalue weighted by molar-refractivity contribution is 8.00. The van der Waals surface area contributed by atoms with Gasteiger partial charge in [-0.25, -0.2) is 4.98 Å². The van der Waals surface area contributed by atoms with E-state index in [9.17, 15) is 4.79 Å². The first-order valence-corrected chi connectivity index (χ1v) is 7.48. The van der Waals surface area contributed by atoms with E-state index in [2.05, 4.69) is 20.5 Å². The SMILES string of the molecule is CCc1nc(S[C@H](C)C(=O)Nc2ccc(Cl)cc2)n[nH]1. The summed E-state index contributed by atoms with van der Waals surface area (Å²) in [6.45, 7) is 3.81. The molecule has 7 heteroatoms. The third-order valence-electron chi connectivity index (χ3n) is 2.61. The molecule has 5 nitrogen and oxygen atoms in total. The number of hydrogen-bond donors (Lipinski definition) is 2. The number of nitrogens with one attached hydrogen (secondary N) is 2. The van der Waals surface area contributed by atoms with Crippen LogP contribution < -0.4 is 5.32 Å². The Balaban J connectivity index is 1.93. The predicted octanol–water partition coefficient (Wildman–Crippen LogP) is 3.14. The lowest BCUT2D eigenvalue weighted by atomic mass is 10.3. The Morgan fingerprint density at radius 1 is 1.45 bits per heavy atom. The van der Waals surface area contributed by atoms with Crippen LogP contribution in [0, 0.1) is 0 Å². The lowest BCUT2D eigenvalue weighted by Gasteiger charge is -2.10. The molecule has 0 aliphatic rings. The molecule has 0 saturated heterocycles. The lowest BCUT2D eigenvalue weighted by molar-refractivity contribution is -0.115. The van der Waals surface area contributed by atoms with Gasteiger partial charge in [0, 0.05) is 17.1 Å². The summed E-state index contributed by atoms with van der Waals surface area (Å²) in [4.78, 5) is 16.3. The molecule has 1 aromatic carbocycles. The van der Waals surface area contributed by atoms with E-state index in [0.29, 0.717) is 10.2 Å². The van der Waals surface area contributed by atoms with E-state index >= 15 is 0 Å². The molecule has 0 bridgehead atoms. The number of carbonyl (C=O) groups is 1. The highest BCUT2D eigenvalue weighted by Crippen LogP contribution is 2.21. The van der Waals surface area contributed by atoms with Gasteiger partial charge in [0.1, 0.15) is 5.82 Å². The van der Waals surface area contributed by atoms with Crippen LogP contribution in [0.1, 0.15) is 19.7 Å². The molecule has 1 aromatic heterocycles. The van der Waals surface area contributed by atoms with E-state index < -0.39 is 0 Å². The van der Waals surface area contributed by atoms with Crippen LogP contribution in [0.4, 0.5) is 5.69 Å². The molecular formula is C13H15ClN4OS. The average molecular weight is 311 g/mol. The second-order valence-electron chi connectivity index (χ2n) is 4.17. The van der Waals surface area contributed by atoms with E-state index in [4.69, 9.17) is 11.6 Å². The van der Waals surface area contributed by atoms with Crippen LogP contribution in [-0.4, -0.2) is 26.3 Å². The van der Waals surface area contributed by atoms with Crippen LogP contribution in [0.15, 0.2) is 29.4 Å². The Labute approximate surface area is 126 Å². The number of aromatic amines is 1. The van der Waals surface area contributed by atoms with Crippen molar-refractivity contribution < 1.29 is 4.79 Å². The molecule has 0 fully saturated rings. The van der Waals surface area contributed by atoms with Crippen molar-refractivity contribution in [2.45, 2.75) is 30.7 Å². The first-order chi connectivity index (χ1) is 9.58. The fraction of sp³-hybridized carbons (Fsp3) is 0.308. The quantitative estimate of drug-likeness (QED) is 0.832. The molecule has 20 heavy (non-hydrogen) atoms. The normalized spacial score (nSPS) is 12.2. The number of carbonyl (C=O) groups excluding carboxylic acids is 1. The van der Waals surface area contributed by atoms with Gasteiger partial charge in [-0.2, -0.15) is 0 Å². The predicted molar refractivity (Wildman–Crippen MR) is 81.2 cm³/mol. The standard InChI is InChI=1S/C13H15ClN4OS/c1-3-11-16-13(18-17-11)20-8(2)12(19)15-10-6-4-9(14)5-7-10/h4-8H,3H2,1-2H3,(H,15,19)(H,16,17,18)/t8-/m1/s1. The number of aryl methyl sites for hydroxylation is 1. The zero-order valence-corrected chi connectivity index (χ0v) is 12.8. The summed E-state index contributed by atoms with van der Waals surface area (Å²) in [5.74, 6) is 0.720. The summed E-state index contributed by atoms with van der Waals surface area (Å²) in [6, 6.07) is 6.99. The number of amides is 1. The zero-order chi connectivity index (χ0) is 14.5. The van der Waals surface area contributed by atoms with E-state index in [1.165, 1.54) is 11.8 Å². The summed E-state index contributed by atoms with van der Waals surface area (Å²) in [5, 5.41) is 10.6. The van der Waals surface area contributed by atoms with Crippen molar-refractivity contribution in [3.63, 3.8) is 0 Å². The summed E-state index contributed by atoms with van der Waals surface area (Å²) in [5.41, 5.74) is 0.719. The monoisotopic (exact) mass is 310 g/mol. The number of anilines is 1. The third-order valence-corrected chi connectivity index (χ3v) is 3.82. The summed E-state index contributed by atoms with van der Waals surface area (Å²) < 4.78 is 0. The highest BCUT2D eigenvalue weighted by atomic mass is 35.5. The molecule has 0 aliphatic heterocycles. The molecule has 1 heterocycles. The van der Waals surface area contributed by atoms with Crippen molar-refractivity contribution >= 4 is 35.0 Å². The molecule has 0 saturated carbocycles. The van der Waals surface area contributed by atoms with Gasteiger partial charge in [-0.1, -0.05) is 30.3 Å². The van der Waals surface area contributed by atoms with Crippen molar-refractivity contribution in [2.75, 3.05) is 5.32 Å². The molecule has 0 radical (unpaired) electrons. The fourth-order valence-corrected chi connectivity index (χ4v) is 2.35. The number of thioether (sulfide) groups is 1. The van der Waals surface area contributed by atoms with Crippen molar-refractivity contribution in [1.82, 2.24) is 15.2 Å². The number of rotatable bonds is 5. The van der Waals surface area contributed by atoms with Crippen LogP contribution >= 0.6 is 23.4 Å². The number of hydrogen-bond acceptors (Lipinski definition) is 4. The molecule has 0 aliphatic carbocycles.